The molecule has 0 amide bonds. The summed E-state index contributed by atoms with van der Waals surface area (Å²) in [4.78, 5) is 2.66. The highest BCUT2D eigenvalue weighted by molar-refractivity contribution is 5.55. The summed E-state index contributed by atoms with van der Waals surface area (Å²) in [5.41, 5.74) is 10.2. The number of hydrogen-bond donors (Lipinski definition) is 1. The molecule has 0 atom stereocenters. The van der Waals surface area contributed by atoms with Crippen LogP contribution in [0.3, 0.4) is 0 Å². The molecule has 0 radical (unpaired) electrons. The standard InChI is InChI=1S/C11H13N3O/c1-9-5-6-11(15)8-10(9)4-2-3-7-13-14-12/h2,4-6,8,15H,3,7H2,1H3. The van der Waals surface area contributed by atoms with E-state index in [2.05, 4.69) is 10.0 Å². The second-order valence-electron chi connectivity index (χ2n) is 3.19. The number of phenolic OH excluding ortho intramolecular Hbond substituents is 1. The Morgan fingerprint density at radius 2 is 2.33 bits per heavy atom. The molecule has 0 bridgehead atoms. The van der Waals surface area contributed by atoms with Gasteiger partial charge in [-0.05, 0) is 42.1 Å². The van der Waals surface area contributed by atoms with Gasteiger partial charge in [0.25, 0.3) is 0 Å². The topological polar surface area (TPSA) is 69.0 Å². The molecule has 0 heterocycles. The van der Waals surface area contributed by atoms with E-state index >= 15 is 0 Å². The molecule has 1 aromatic carbocycles. The molecule has 0 fully saturated rings. The summed E-state index contributed by atoms with van der Waals surface area (Å²) in [6, 6.07) is 5.23. The van der Waals surface area contributed by atoms with Crippen molar-refractivity contribution in [2.24, 2.45) is 5.11 Å². The van der Waals surface area contributed by atoms with Crippen LogP contribution in [0.15, 0.2) is 29.4 Å². The largest absolute Gasteiger partial charge is 0.508 e. The third kappa shape index (κ3) is 3.75. The fraction of sp³-hybridized carbons (Fsp3) is 0.273. The first-order valence-corrected chi connectivity index (χ1v) is 4.71. The number of phenols is 1. The van der Waals surface area contributed by atoms with E-state index < -0.39 is 0 Å². The average molecular weight is 203 g/mol. The maximum absolute atomic E-state index is 9.28. The maximum Gasteiger partial charge on any atom is 0.116 e. The third-order valence-electron chi connectivity index (χ3n) is 2.02. The van der Waals surface area contributed by atoms with Crippen LogP contribution in [0.5, 0.6) is 5.75 Å². The van der Waals surface area contributed by atoms with Gasteiger partial charge in [-0.3, -0.25) is 0 Å². The summed E-state index contributed by atoms with van der Waals surface area (Å²) in [5, 5.41) is 12.7. The Morgan fingerprint density at radius 3 is 3.07 bits per heavy atom. The quantitative estimate of drug-likeness (QED) is 0.346. The van der Waals surface area contributed by atoms with Crippen LogP contribution < -0.4 is 0 Å². The lowest BCUT2D eigenvalue weighted by Gasteiger charge is -2.00. The van der Waals surface area contributed by atoms with Crippen molar-refractivity contribution in [2.75, 3.05) is 6.54 Å². The lowest BCUT2D eigenvalue weighted by Crippen LogP contribution is -1.80. The van der Waals surface area contributed by atoms with Crippen molar-refractivity contribution in [3.05, 3.63) is 45.8 Å². The summed E-state index contributed by atoms with van der Waals surface area (Å²) in [5.74, 6) is 0.260. The van der Waals surface area contributed by atoms with Gasteiger partial charge in [0.2, 0.25) is 0 Å². The molecule has 0 aliphatic heterocycles. The minimum atomic E-state index is 0.260. The molecule has 0 saturated heterocycles. The molecule has 4 nitrogen and oxygen atoms in total. The van der Waals surface area contributed by atoms with E-state index in [1.54, 1.807) is 12.1 Å². The van der Waals surface area contributed by atoms with Crippen molar-refractivity contribution in [1.82, 2.24) is 0 Å². The van der Waals surface area contributed by atoms with E-state index in [0.29, 0.717) is 13.0 Å². The smallest absolute Gasteiger partial charge is 0.116 e. The Bertz CT molecular complexity index is 406. The zero-order valence-corrected chi connectivity index (χ0v) is 8.59. The van der Waals surface area contributed by atoms with Crippen LogP contribution in [0.1, 0.15) is 17.5 Å². The molecule has 78 valence electrons. The zero-order valence-electron chi connectivity index (χ0n) is 8.59. The van der Waals surface area contributed by atoms with Gasteiger partial charge in [-0.25, -0.2) is 0 Å². The number of rotatable bonds is 4. The predicted molar refractivity (Wildman–Crippen MR) is 60.5 cm³/mol. The maximum atomic E-state index is 9.28. The van der Waals surface area contributed by atoms with Gasteiger partial charge in [-0.2, -0.15) is 0 Å². The highest BCUT2D eigenvalue weighted by Gasteiger charge is 1.94. The number of nitrogens with zero attached hydrogens (tertiary/aromatic N) is 3. The SMILES string of the molecule is Cc1ccc(O)cc1C=CCCN=[N+]=[N-]. The molecule has 0 aliphatic rings. The van der Waals surface area contributed by atoms with Gasteiger partial charge in [0, 0.05) is 11.5 Å². The Hall–Kier alpha value is -1.93. The van der Waals surface area contributed by atoms with Crippen LogP contribution in [0.25, 0.3) is 16.5 Å². The summed E-state index contributed by atoms with van der Waals surface area (Å²) >= 11 is 0. The van der Waals surface area contributed by atoms with E-state index in [-0.39, 0.29) is 5.75 Å². The molecule has 4 heteroatoms. The van der Waals surface area contributed by atoms with Gasteiger partial charge in [0.05, 0.1) is 0 Å². The van der Waals surface area contributed by atoms with Crippen molar-refractivity contribution in [2.45, 2.75) is 13.3 Å². The molecule has 0 unspecified atom stereocenters. The minimum Gasteiger partial charge on any atom is -0.508 e. The highest BCUT2D eigenvalue weighted by Crippen LogP contribution is 2.17. The fourth-order valence-corrected chi connectivity index (χ4v) is 1.19. The second kappa shape index (κ2) is 5.73. The van der Waals surface area contributed by atoms with Crippen LogP contribution >= 0.6 is 0 Å². The van der Waals surface area contributed by atoms with Crippen molar-refractivity contribution >= 4 is 6.08 Å². The van der Waals surface area contributed by atoms with Gasteiger partial charge in [-0.1, -0.05) is 23.3 Å². The van der Waals surface area contributed by atoms with Crippen LogP contribution in [0.2, 0.25) is 0 Å². The number of aromatic hydroxyl groups is 1. The molecule has 0 spiro atoms. The van der Waals surface area contributed by atoms with Gasteiger partial charge in [0.1, 0.15) is 5.75 Å². The molecular formula is C11H13N3O. The fourth-order valence-electron chi connectivity index (χ4n) is 1.19. The summed E-state index contributed by atoms with van der Waals surface area (Å²) in [7, 11) is 0. The lowest BCUT2D eigenvalue weighted by atomic mass is 10.1. The van der Waals surface area contributed by atoms with Crippen LogP contribution in [0, 0.1) is 6.92 Å². The number of azide groups is 1. The number of hydrogen-bond acceptors (Lipinski definition) is 2. The monoisotopic (exact) mass is 203 g/mol. The van der Waals surface area contributed by atoms with Crippen LogP contribution in [0.4, 0.5) is 0 Å². The Balaban J connectivity index is 2.63. The van der Waals surface area contributed by atoms with Gasteiger partial charge >= 0.3 is 0 Å². The first-order chi connectivity index (χ1) is 7.24. The van der Waals surface area contributed by atoms with E-state index in [0.717, 1.165) is 11.1 Å². The second-order valence-corrected chi connectivity index (χ2v) is 3.19. The predicted octanol–water partition coefficient (Wildman–Crippen LogP) is 3.41. The highest BCUT2D eigenvalue weighted by atomic mass is 16.3. The molecule has 0 aliphatic carbocycles. The molecule has 1 rings (SSSR count). The normalized spacial score (nSPS) is 10.2. The van der Waals surface area contributed by atoms with E-state index in [1.807, 2.05) is 25.1 Å². The molecular weight excluding hydrogens is 190 g/mol. The van der Waals surface area contributed by atoms with Crippen LogP contribution in [-0.2, 0) is 0 Å². The third-order valence-corrected chi connectivity index (χ3v) is 2.02. The molecule has 0 aromatic heterocycles. The Kier molecular flexibility index (Phi) is 4.26. The van der Waals surface area contributed by atoms with Crippen molar-refractivity contribution < 1.29 is 5.11 Å². The van der Waals surface area contributed by atoms with Gasteiger partial charge in [-0.15, -0.1) is 0 Å². The zero-order chi connectivity index (χ0) is 11.1. The molecule has 1 aromatic rings. The first kappa shape index (κ1) is 11.1. The van der Waals surface area contributed by atoms with Crippen molar-refractivity contribution in [1.29, 1.82) is 0 Å². The van der Waals surface area contributed by atoms with Gasteiger partial charge < -0.3 is 5.11 Å². The summed E-state index contributed by atoms with van der Waals surface area (Å²) in [6.07, 6.45) is 4.55. The summed E-state index contributed by atoms with van der Waals surface area (Å²) < 4.78 is 0. The number of benzene rings is 1. The molecule has 1 N–H and O–H groups in total. The Morgan fingerprint density at radius 1 is 1.53 bits per heavy atom. The van der Waals surface area contributed by atoms with Crippen LogP contribution in [-0.4, -0.2) is 11.7 Å². The Labute approximate surface area is 88.5 Å². The summed E-state index contributed by atoms with van der Waals surface area (Å²) in [6.45, 7) is 2.44. The first-order valence-electron chi connectivity index (χ1n) is 4.71. The van der Waals surface area contributed by atoms with E-state index in [1.165, 1.54) is 0 Å². The van der Waals surface area contributed by atoms with E-state index in [9.17, 15) is 5.11 Å². The number of aryl methyl sites for hydroxylation is 1. The molecule has 15 heavy (non-hydrogen) atoms. The minimum absolute atomic E-state index is 0.260. The van der Waals surface area contributed by atoms with E-state index in [4.69, 9.17) is 5.53 Å². The lowest BCUT2D eigenvalue weighted by molar-refractivity contribution is 0.475. The van der Waals surface area contributed by atoms with Gasteiger partial charge in [0.15, 0.2) is 0 Å². The van der Waals surface area contributed by atoms with Crippen molar-refractivity contribution in [3.8, 4) is 5.75 Å². The molecule has 0 saturated carbocycles. The average Bonchev–Trinajstić information content (AvgIpc) is 2.23. The van der Waals surface area contributed by atoms with Crippen molar-refractivity contribution in [3.63, 3.8) is 0 Å².